The summed E-state index contributed by atoms with van der Waals surface area (Å²) in [5, 5.41) is 13.8. The number of benzene rings is 1. The molecule has 6 heteroatoms. The number of esters is 1. The van der Waals surface area contributed by atoms with Crippen molar-refractivity contribution < 1.29 is 14.3 Å². The summed E-state index contributed by atoms with van der Waals surface area (Å²) in [6.07, 6.45) is 1.57. The van der Waals surface area contributed by atoms with Crippen molar-refractivity contribution in [1.29, 1.82) is 5.26 Å². The molecule has 1 aromatic heterocycles. The first-order valence-electron chi connectivity index (χ1n) is 7.29. The highest BCUT2D eigenvalue weighted by Gasteiger charge is 2.12. The van der Waals surface area contributed by atoms with Gasteiger partial charge in [-0.15, -0.1) is 11.3 Å². The molecule has 1 heterocycles. The lowest BCUT2D eigenvalue weighted by molar-refractivity contribution is -0.112. The lowest BCUT2D eigenvalue weighted by Gasteiger charge is -2.06. The van der Waals surface area contributed by atoms with Crippen LogP contribution in [0.1, 0.15) is 27.7 Å². The molecule has 0 bridgehead atoms. The second kappa shape index (κ2) is 8.09. The summed E-state index contributed by atoms with van der Waals surface area (Å²) in [7, 11) is 0. The summed E-state index contributed by atoms with van der Waals surface area (Å²) in [6.45, 7) is 3.96. The van der Waals surface area contributed by atoms with Crippen LogP contribution in [0.2, 0.25) is 0 Å². The number of nitrogens with zero attached hydrogens (tertiary/aromatic N) is 1. The number of nitrogens with one attached hydrogen (secondary N) is 1. The fourth-order valence-corrected chi connectivity index (χ4v) is 2.77. The Morgan fingerprint density at radius 1 is 1.29 bits per heavy atom. The van der Waals surface area contributed by atoms with Gasteiger partial charge in [0.1, 0.15) is 11.6 Å². The molecule has 5 nitrogen and oxygen atoms in total. The lowest BCUT2D eigenvalue weighted by atomic mass is 10.1. The number of aryl methyl sites for hydroxylation is 1. The largest absolute Gasteiger partial charge is 0.462 e. The molecule has 0 atom stereocenters. The zero-order valence-corrected chi connectivity index (χ0v) is 14.1. The zero-order valence-electron chi connectivity index (χ0n) is 13.3. The average molecular weight is 340 g/mol. The van der Waals surface area contributed by atoms with Gasteiger partial charge in [-0.05, 0) is 61.2 Å². The van der Waals surface area contributed by atoms with Crippen LogP contribution in [0, 0.1) is 18.3 Å². The molecule has 2 rings (SSSR count). The molecule has 122 valence electrons. The number of carbonyl (C=O) groups excluding carboxylic acids is 2. The second-order valence-corrected chi connectivity index (χ2v) is 5.84. The number of anilines is 1. The third-order valence-corrected chi connectivity index (χ3v) is 4.16. The van der Waals surface area contributed by atoms with Crippen LogP contribution in [0.5, 0.6) is 0 Å². The lowest BCUT2D eigenvalue weighted by Crippen LogP contribution is -2.13. The van der Waals surface area contributed by atoms with E-state index in [1.165, 1.54) is 11.3 Å². The molecule has 0 unspecified atom stereocenters. The van der Waals surface area contributed by atoms with E-state index in [1.54, 1.807) is 37.3 Å². The number of hydrogen-bond acceptors (Lipinski definition) is 5. The van der Waals surface area contributed by atoms with E-state index in [0.717, 1.165) is 10.4 Å². The van der Waals surface area contributed by atoms with Crippen LogP contribution >= 0.6 is 11.3 Å². The number of thiophene rings is 1. The minimum atomic E-state index is -0.491. The minimum absolute atomic E-state index is 0.0232. The van der Waals surface area contributed by atoms with Crippen LogP contribution in [0.25, 0.3) is 6.08 Å². The number of nitriles is 1. The van der Waals surface area contributed by atoms with E-state index in [2.05, 4.69) is 5.32 Å². The SMILES string of the molecule is CCOC(=O)c1ccc(NC(=O)/C(C#N)=C/c2sccc2C)cc1. The molecule has 1 N–H and O–H groups in total. The Balaban J connectivity index is 2.11. The summed E-state index contributed by atoms with van der Waals surface area (Å²) in [4.78, 5) is 24.7. The van der Waals surface area contributed by atoms with Gasteiger partial charge < -0.3 is 10.1 Å². The quantitative estimate of drug-likeness (QED) is 0.510. The first-order chi connectivity index (χ1) is 11.5. The summed E-state index contributed by atoms with van der Waals surface area (Å²) < 4.78 is 4.90. The van der Waals surface area contributed by atoms with E-state index in [4.69, 9.17) is 4.74 Å². The predicted molar refractivity (Wildman–Crippen MR) is 93.7 cm³/mol. The van der Waals surface area contributed by atoms with Crippen molar-refractivity contribution in [2.45, 2.75) is 13.8 Å². The molecule has 1 aromatic carbocycles. The summed E-state index contributed by atoms with van der Waals surface area (Å²) >= 11 is 1.47. The average Bonchev–Trinajstić information content (AvgIpc) is 2.98. The van der Waals surface area contributed by atoms with E-state index >= 15 is 0 Å². The Kier molecular flexibility index (Phi) is 5.88. The highest BCUT2D eigenvalue weighted by molar-refractivity contribution is 7.11. The van der Waals surface area contributed by atoms with Gasteiger partial charge in [0.15, 0.2) is 0 Å². The first kappa shape index (κ1) is 17.4. The van der Waals surface area contributed by atoms with Gasteiger partial charge in [-0.3, -0.25) is 4.79 Å². The van der Waals surface area contributed by atoms with Gasteiger partial charge >= 0.3 is 5.97 Å². The Morgan fingerprint density at radius 2 is 2.00 bits per heavy atom. The minimum Gasteiger partial charge on any atom is -0.462 e. The number of amides is 1. The molecular formula is C18H16N2O3S. The van der Waals surface area contributed by atoms with Crippen LogP contribution in [0.3, 0.4) is 0 Å². The van der Waals surface area contributed by atoms with E-state index in [0.29, 0.717) is 17.9 Å². The van der Waals surface area contributed by atoms with E-state index in [1.807, 2.05) is 24.4 Å². The molecule has 2 aromatic rings. The van der Waals surface area contributed by atoms with E-state index in [-0.39, 0.29) is 5.57 Å². The van der Waals surface area contributed by atoms with E-state index in [9.17, 15) is 14.9 Å². The van der Waals surface area contributed by atoms with Crippen LogP contribution in [0.15, 0.2) is 41.3 Å². The number of carbonyl (C=O) groups is 2. The van der Waals surface area contributed by atoms with Crippen molar-refractivity contribution in [3.63, 3.8) is 0 Å². The molecule has 0 aliphatic rings. The van der Waals surface area contributed by atoms with Gasteiger partial charge in [0.2, 0.25) is 0 Å². The van der Waals surface area contributed by atoms with Crippen molar-refractivity contribution >= 4 is 35.0 Å². The molecule has 0 spiro atoms. The van der Waals surface area contributed by atoms with Crippen molar-refractivity contribution in [3.8, 4) is 6.07 Å². The van der Waals surface area contributed by atoms with Crippen molar-refractivity contribution in [1.82, 2.24) is 0 Å². The Morgan fingerprint density at radius 3 is 2.54 bits per heavy atom. The van der Waals surface area contributed by atoms with Crippen molar-refractivity contribution in [2.24, 2.45) is 0 Å². The van der Waals surface area contributed by atoms with Gasteiger partial charge in [-0.2, -0.15) is 5.26 Å². The van der Waals surface area contributed by atoms with Gasteiger partial charge in [0.25, 0.3) is 5.91 Å². The molecule has 24 heavy (non-hydrogen) atoms. The number of rotatable bonds is 5. The van der Waals surface area contributed by atoms with E-state index < -0.39 is 11.9 Å². The predicted octanol–water partition coefficient (Wildman–Crippen LogP) is 3.78. The Hall–Kier alpha value is -2.91. The molecule has 0 radical (unpaired) electrons. The number of ether oxygens (including phenoxy) is 1. The molecule has 0 aliphatic heterocycles. The molecule has 0 saturated carbocycles. The van der Waals surface area contributed by atoms with Gasteiger partial charge in [-0.1, -0.05) is 0 Å². The maximum atomic E-state index is 12.2. The van der Waals surface area contributed by atoms with Gasteiger partial charge in [0.05, 0.1) is 12.2 Å². The van der Waals surface area contributed by atoms with Crippen molar-refractivity contribution in [3.05, 3.63) is 57.3 Å². The molecule has 0 saturated heterocycles. The van der Waals surface area contributed by atoms with Crippen LogP contribution in [-0.2, 0) is 9.53 Å². The smallest absolute Gasteiger partial charge is 0.338 e. The Bertz CT molecular complexity index is 814. The zero-order chi connectivity index (χ0) is 17.5. The maximum absolute atomic E-state index is 12.2. The summed E-state index contributed by atoms with van der Waals surface area (Å²) in [6, 6.07) is 10.2. The standard InChI is InChI=1S/C18H16N2O3S/c1-3-23-18(22)13-4-6-15(7-5-13)20-17(21)14(11-19)10-16-12(2)8-9-24-16/h4-10H,3H2,1-2H3,(H,20,21)/b14-10+. The molecule has 0 aliphatic carbocycles. The van der Waals surface area contributed by atoms with Crippen LogP contribution in [-0.4, -0.2) is 18.5 Å². The molecule has 0 fully saturated rings. The van der Waals surface area contributed by atoms with Crippen LogP contribution in [0.4, 0.5) is 5.69 Å². The van der Waals surface area contributed by atoms with Gasteiger partial charge in [0, 0.05) is 10.6 Å². The maximum Gasteiger partial charge on any atom is 0.338 e. The number of hydrogen-bond donors (Lipinski definition) is 1. The fourth-order valence-electron chi connectivity index (χ4n) is 1.91. The second-order valence-electron chi connectivity index (χ2n) is 4.89. The molecule has 1 amide bonds. The Labute approximate surface area is 144 Å². The monoisotopic (exact) mass is 340 g/mol. The third-order valence-electron chi connectivity index (χ3n) is 3.20. The van der Waals surface area contributed by atoms with Crippen LogP contribution < -0.4 is 5.32 Å². The fraction of sp³-hybridized carbons (Fsp3) is 0.167. The normalized spacial score (nSPS) is 10.8. The topological polar surface area (TPSA) is 79.2 Å². The summed E-state index contributed by atoms with van der Waals surface area (Å²) in [5.41, 5.74) is 1.94. The summed E-state index contributed by atoms with van der Waals surface area (Å²) in [5.74, 6) is -0.907. The van der Waals surface area contributed by atoms with Crippen molar-refractivity contribution in [2.75, 3.05) is 11.9 Å². The molecular weight excluding hydrogens is 324 g/mol. The first-order valence-corrected chi connectivity index (χ1v) is 8.17. The third kappa shape index (κ3) is 4.31. The highest BCUT2D eigenvalue weighted by Crippen LogP contribution is 2.20. The highest BCUT2D eigenvalue weighted by atomic mass is 32.1. The van der Waals surface area contributed by atoms with Gasteiger partial charge in [-0.25, -0.2) is 4.79 Å².